The SMILES string of the molecule is CCCCCCCCCCOC(=O)/C=C/c1ccc(/C=C/C(=O)Nc2ccc(C(=O)O)cc2)cc1. The molecule has 0 radical (unpaired) electrons. The lowest BCUT2D eigenvalue weighted by molar-refractivity contribution is -0.137. The first-order valence-corrected chi connectivity index (χ1v) is 12.2. The number of benzene rings is 2. The Morgan fingerprint density at radius 1 is 0.771 bits per heavy atom. The number of hydrogen-bond acceptors (Lipinski definition) is 4. The number of esters is 1. The summed E-state index contributed by atoms with van der Waals surface area (Å²) in [5.74, 6) is -1.68. The smallest absolute Gasteiger partial charge is 0.335 e. The monoisotopic (exact) mass is 477 g/mol. The molecule has 6 heteroatoms. The summed E-state index contributed by atoms with van der Waals surface area (Å²) in [5.41, 5.74) is 2.36. The Bertz CT molecular complexity index is 991. The molecular weight excluding hydrogens is 442 g/mol. The standard InChI is InChI=1S/C29H35NO5/c1-2-3-4-5-6-7-8-9-22-35-28(32)21-15-24-12-10-23(11-13-24)14-20-27(31)30-26-18-16-25(17-19-26)29(33)34/h10-21H,2-9,22H2,1H3,(H,30,31)(H,33,34)/b20-14+,21-15+. The van der Waals surface area contributed by atoms with E-state index in [-0.39, 0.29) is 17.4 Å². The number of hydrogen-bond donors (Lipinski definition) is 2. The van der Waals surface area contributed by atoms with Crippen LogP contribution in [0.15, 0.2) is 60.7 Å². The zero-order valence-electron chi connectivity index (χ0n) is 20.4. The van der Waals surface area contributed by atoms with Crippen molar-refractivity contribution in [3.8, 4) is 0 Å². The molecule has 0 heterocycles. The Labute approximate surface area is 207 Å². The van der Waals surface area contributed by atoms with Crippen molar-refractivity contribution < 1.29 is 24.2 Å². The van der Waals surface area contributed by atoms with Gasteiger partial charge in [-0.05, 0) is 54.0 Å². The molecule has 0 aromatic heterocycles. The van der Waals surface area contributed by atoms with Gasteiger partial charge >= 0.3 is 11.9 Å². The summed E-state index contributed by atoms with van der Waals surface area (Å²) in [7, 11) is 0. The first kappa shape index (κ1) is 27.6. The molecule has 0 fully saturated rings. The zero-order valence-corrected chi connectivity index (χ0v) is 20.4. The molecule has 1 amide bonds. The Kier molecular flexibility index (Phi) is 12.6. The Hall–Kier alpha value is -3.67. The summed E-state index contributed by atoms with van der Waals surface area (Å²) >= 11 is 0. The number of carbonyl (C=O) groups is 3. The summed E-state index contributed by atoms with van der Waals surface area (Å²) in [6, 6.07) is 13.3. The second kappa shape index (κ2) is 16.0. The van der Waals surface area contributed by atoms with E-state index in [9.17, 15) is 14.4 Å². The largest absolute Gasteiger partial charge is 0.478 e. The number of rotatable bonds is 15. The van der Waals surface area contributed by atoms with Crippen molar-refractivity contribution >= 4 is 35.7 Å². The molecule has 2 aromatic rings. The van der Waals surface area contributed by atoms with E-state index in [2.05, 4.69) is 12.2 Å². The maximum absolute atomic E-state index is 12.1. The molecule has 2 rings (SSSR count). The highest BCUT2D eigenvalue weighted by atomic mass is 16.5. The third kappa shape index (κ3) is 11.8. The molecular formula is C29H35NO5. The number of ether oxygens (including phenoxy) is 1. The van der Waals surface area contributed by atoms with Crippen molar-refractivity contribution in [2.24, 2.45) is 0 Å². The first-order chi connectivity index (χ1) is 17.0. The summed E-state index contributed by atoms with van der Waals surface area (Å²) in [6.45, 7) is 2.67. The van der Waals surface area contributed by atoms with Gasteiger partial charge in [-0.25, -0.2) is 9.59 Å². The van der Waals surface area contributed by atoms with Crippen LogP contribution in [0.1, 0.15) is 79.8 Å². The number of carboxylic acid groups (broad SMARTS) is 1. The van der Waals surface area contributed by atoms with Gasteiger partial charge in [-0.3, -0.25) is 4.79 Å². The molecule has 0 bridgehead atoms. The lowest BCUT2D eigenvalue weighted by Crippen LogP contribution is -2.08. The molecule has 0 unspecified atom stereocenters. The number of anilines is 1. The van der Waals surface area contributed by atoms with Crippen LogP contribution in [0, 0.1) is 0 Å². The Morgan fingerprint density at radius 3 is 1.89 bits per heavy atom. The van der Waals surface area contributed by atoms with Gasteiger partial charge in [0.2, 0.25) is 5.91 Å². The van der Waals surface area contributed by atoms with Crippen LogP contribution >= 0.6 is 0 Å². The van der Waals surface area contributed by atoms with E-state index in [1.807, 2.05) is 24.3 Å². The third-order valence-corrected chi connectivity index (χ3v) is 5.42. The average Bonchev–Trinajstić information content (AvgIpc) is 2.86. The normalized spacial score (nSPS) is 11.1. The van der Waals surface area contributed by atoms with Crippen molar-refractivity contribution in [2.45, 2.75) is 58.3 Å². The zero-order chi connectivity index (χ0) is 25.3. The minimum atomic E-state index is -1.02. The fraction of sp³-hybridized carbons (Fsp3) is 0.345. The molecule has 2 N–H and O–H groups in total. The maximum Gasteiger partial charge on any atom is 0.335 e. The fourth-order valence-corrected chi connectivity index (χ4v) is 3.39. The van der Waals surface area contributed by atoms with Gasteiger partial charge in [-0.15, -0.1) is 0 Å². The van der Waals surface area contributed by atoms with Crippen LogP contribution in [0.3, 0.4) is 0 Å². The Morgan fingerprint density at radius 2 is 1.31 bits per heavy atom. The summed E-state index contributed by atoms with van der Waals surface area (Å²) in [4.78, 5) is 34.8. The molecule has 2 aromatic carbocycles. The maximum atomic E-state index is 12.1. The van der Waals surface area contributed by atoms with Crippen LogP contribution in [-0.4, -0.2) is 29.6 Å². The van der Waals surface area contributed by atoms with Gasteiger partial charge < -0.3 is 15.2 Å². The number of carbonyl (C=O) groups excluding carboxylic acids is 2. The molecule has 6 nitrogen and oxygen atoms in total. The molecule has 0 spiro atoms. The number of amides is 1. The quantitative estimate of drug-likeness (QED) is 0.168. The van der Waals surface area contributed by atoms with Crippen molar-refractivity contribution in [3.05, 3.63) is 77.4 Å². The number of unbranched alkanes of at least 4 members (excludes halogenated alkanes) is 7. The molecule has 186 valence electrons. The summed E-state index contributed by atoms with van der Waals surface area (Å²) in [5, 5.41) is 11.6. The average molecular weight is 478 g/mol. The molecule has 0 aliphatic heterocycles. The lowest BCUT2D eigenvalue weighted by atomic mass is 10.1. The molecule has 0 saturated carbocycles. The highest BCUT2D eigenvalue weighted by molar-refractivity contribution is 6.02. The van der Waals surface area contributed by atoms with E-state index in [0.29, 0.717) is 12.3 Å². The van der Waals surface area contributed by atoms with E-state index in [4.69, 9.17) is 9.84 Å². The molecule has 0 aliphatic carbocycles. The van der Waals surface area contributed by atoms with Crippen LogP contribution in [0.2, 0.25) is 0 Å². The van der Waals surface area contributed by atoms with Crippen LogP contribution in [-0.2, 0) is 14.3 Å². The fourth-order valence-electron chi connectivity index (χ4n) is 3.39. The van der Waals surface area contributed by atoms with Crippen molar-refractivity contribution in [1.29, 1.82) is 0 Å². The van der Waals surface area contributed by atoms with Crippen LogP contribution < -0.4 is 5.32 Å². The number of nitrogens with one attached hydrogen (secondary N) is 1. The van der Waals surface area contributed by atoms with Crippen molar-refractivity contribution in [1.82, 2.24) is 0 Å². The topological polar surface area (TPSA) is 92.7 Å². The van der Waals surface area contributed by atoms with E-state index in [0.717, 1.165) is 24.0 Å². The van der Waals surface area contributed by atoms with Crippen molar-refractivity contribution in [2.75, 3.05) is 11.9 Å². The molecule has 0 aliphatic rings. The molecule has 35 heavy (non-hydrogen) atoms. The van der Waals surface area contributed by atoms with Gasteiger partial charge in [-0.2, -0.15) is 0 Å². The third-order valence-electron chi connectivity index (χ3n) is 5.42. The van der Waals surface area contributed by atoms with E-state index in [1.165, 1.54) is 74.9 Å². The van der Waals surface area contributed by atoms with Crippen LogP contribution in [0.5, 0.6) is 0 Å². The van der Waals surface area contributed by atoms with Gasteiger partial charge in [-0.1, -0.05) is 76.1 Å². The van der Waals surface area contributed by atoms with Crippen LogP contribution in [0.4, 0.5) is 5.69 Å². The van der Waals surface area contributed by atoms with Gasteiger partial charge in [0.25, 0.3) is 0 Å². The molecule has 0 saturated heterocycles. The predicted molar refractivity (Wildman–Crippen MR) is 140 cm³/mol. The summed E-state index contributed by atoms with van der Waals surface area (Å²) < 4.78 is 5.25. The van der Waals surface area contributed by atoms with E-state index < -0.39 is 5.97 Å². The predicted octanol–water partition coefficient (Wildman–Crippen LogP) is 6.73. The van der Waals surface area contributed by atoms with Gasteiger partial charge in [0.1, 0.15) is 0 Å². The van der Waals surface area contributed by atoms with Gasteiger partial charge in [0.15, 0.2) is 0 Å². The van der Waals surface area contributed by atoms with Gasteiger partial charge in [0, 0.05) is 17.8 Å². The second-order valence-corrected chi connectivity index (χ2v) is 8.35. The number of carboxylic acids is 1. The highest BCUT2D eigenvalue weighted by Crippen LogP contribution is 2.12. The minimum absolute atomic E-state index is 0.157. The molecule has 0 atom stereocenters. The lowest BCUT2D eigenvalue weighted by Gasteiger charge is -2.03. The van der Waals surface area contributed by atoms with Gasteiger partial charge in [0.05, 0.1) is 12.2 Å². The highest BCUT2D eigenvalue weighted by Gasteiger charge is 2.03. The minimum Gasteiger partial charge on any atom is -0.478 e. The first-order valence-electron chi connectivity index (χ1n) is 12.2. The second-order valence-electron chi connectivity index (χ2n) is 8.35. The number of aromatic carboxylic acids is 1. The van der Waals surface area contributed by atoms with Crippen molar-refractivity contribution in [3.63, 3.8) is 0 Å². The Balaban J connectivity index is 1.67. The summed E-state index contributed by atoms with van der Waals surface area (Å²) in [6.07, 6.45) is 15.8. The van der Waals surface area contributed by atoms with Crippen LogP contribution in [0.25, 0.3) is 12.2 Å². The van der Waals surface area contributed by atoms with E-state index in [1.54, 1.807) is 12.2 Å². The van der Waals surface area contributed by atoms with E-state index >= 15 is 0 Å².